The second-order valence-electron chi connectivity index (χ2n) is 7.35. The van der Waals surface area contributed by atoms with Crippen LogP contribution in [0.3, 0.4) is 0 Å². The van der Waals surface area contributed by atoms with Crippen molar-refractivity contribution < 1.29 is 27.2 Å². The fourth-order valence-corrected chi connectivity index (χ4v) is 4.79. The van der Waals surface area contributed by atoms with Gasteiger partial charge >= 0.3 is 0 Å². The van der Waals surface area contributed by atoms with Crippen LogP contribution in [0.1, 0.15) is 21.7 Å². The number of halogens is 1. The van der Waals surface area contributed by atoms with Crippen LogP contribution in [0.2, 0.25) is 0 Å². The molecule has 2 heterocycles. The summed E-state index contributed by atoms with van der Waals surface area (Å²) < 4.78 is 36.3. The van der Waals surface area contributed by atoms with Crippen LogP contribution in [-0.4, -0.2) is 37.1 Å². The fraction of sp³-hybridized carbons (Fsp3) is 0.136. The predicted molar refractivity (Wildman–Crippen MR) is 119 cm³/mol. The first-order valence-electron chi connectivity index (χ1n) is 9.74. The maximum absolute atomic E-state index is 13.3. The Balaban J connectivity index is 1.66. The van der Waals surface area contributed by atoms with E-state index >= 15 is 0 Å². The molecule has 11 heteroatoms. The molecule has 0 radical (unpaired) electrons. The van der Waals surface area contributed by atoms with Gasteiger partial charge in [-0.15, -0.1) is 11.3 Å². The van der Waals surface area contributed by atoms with Crippen molar-refractivity contribution in [1.82, 2.24) is 4.90 Å². The third-order valence-electron chi connectivity index (χ3n) is 5.18. The summed E-state index contributed by atoms with van der Waals surface area (Å²) in [4.78, 5) is 42.2. The first-order valence-corrected chi connectivity index (χ1v) is 12.2. The lowest BCUT2D eigenvalue weighted by Gasteiger charge is -2.27. The SMILES string of the molecule is NS(=O)(=O)c1ccc(N2C(=O)CC(N(Cc3cccs3)C(=O)c3ccc(F)cc3)C2=O)cc1. The Kier molecular flexibility index (Phi) is 6.11. The van der Waals surface area contributed by atoms with Crippen molar-refractivity contribution in [2.24, 2.45) is 5.14 Å². The van der Waals surface area contributed by atoms with E-state index in [-0.39, 0.29) is 29.1 Å². The van der Waals surface area contributed by atoms with Gasteiger partial charge in [0.1, 0.15) is 11.9 Å². The van der Waals surface area contributed by atoms with Gasteiger partial charge in [-0.1, -0.05) is 6.07 Å². The van der Waals surface area contributed by atoms with Gasteiger partial charge in [-0.3, -0.25) is 14.4 Å². The van der Waals surface area contributed by atoms with Crippen LogP contribution in [0, 0.1) is 5.82 Å². The van der Waals surface area contributed by atoms with Crippen molar-refractivity contribution >= 4 is 44.8 Å². The summed E-state index contributed by atoms with van der Waals surface area (Å²) >= 11 is 1.40. The van der Waals surface area contributed by atoms with E-state index in [9.17, 15) is 27.2 Å². The van der Waals surface area contributed by atoms with Gasteiger partial charge in [0.25, 0.3) is 11.8 Å². The quantitative estimate of drug-likeness (QED) is 0.536. The van der Waals surface area contributed by atoms with E-state index in [4.69, 9.17) is 5.14 Å². The first kappa shape index (κ1) is 22.8. The number of imide groups is 1. The lowest BCUT2D eigenvalue weighted by molar-refractivity contribution is -0.122. The lowest BCUT2D eigenvalue weighted by Crippen LogP contribution is -2.45. The van der Waals surface area contributed by atoms with Gasteiger partial charge in [-0.05, 0) is 60.0 Å². The number of anilines is 1. The van der Waals surface area contributed by atoms with Gasteiger partial charge < -0.3 is 4.90 Å². The molecule has 3 amide bonds. The molecule has 0 spiro atoms. The Bertz CT molecular complexity index is 1310. The highest BCUT2D eigenvalue weighted by Crippen LogP contribution is 2.29. The van der Waals surface area contributed by atoms with Crippen molar-refractivity contribution in [2.75, 3.05) is 4.90 Å². The number of nitrogens with zero attached hydrogens (tertiary/aromatic N) is 2. The van der Waals surface area contributed by atoms with Crippen molar-refractivity contribution in [2.45, 2.75) is 23.9 Å². The molecule has 1 unspecified atom stereocenters. The van der Waals surface area contributed by atoms with E-state index in [2.05, 4.69) is 0 Å². The molecule has 1 aromatic heterocycles. The summed E-state index contributed by atoms with van der Waals surface area (Å²) in [5.74, 6) is -2.16. The Labute approximate surface area is 193 Å². The number of sulfonamides is 1. The van der Waals surface area contributed by atoms with Crippen molar-refractivity contribution in [3.05, 3.63) is 82.3 Å². The van der Waals surface area contributed by atoms with Gasteiger partial charge in [0.05, 0.1) is 23.5 Å². The molecule has 8 nitrogen and oxygen atoms in total. The van der Waals surface area contributed by atoms with Gasteiger partial charge in [0, 0.05) is 10.4 Å². The lowest BCUT2D eigenvalue weighted by atomic mass is 10.1. The highest BCUT2D eigenvalue weighted by atomic mass is 32.2. The van der Waals surface area contributed by atoms with E-state index in [1.165, 1.54) is 52.6 Å². The van der Waals surface area contributed by atoms with E-state index in [1.54, 1.807) is 6.07 Å². The second kappa shape index (κ2) is 8.85. The summed E-state index contributed by atoms with van der Waals surface area (Å²) in [5, 5.41) is 6.93. The Morgan fingerprint density at radius 1 is 1.09 bits per heavy atom. The summed E-state index contributed by atoms with van der Waals surface area (Å²) in [5.41, 5.74) is 0.356. The molecule has 1 saturated heterocycles. The third kappa shape index (κ3) is 4.70. The molecule has 0 aliphatic carbocycles. The zero-order valence-corrected chi connectivity index (χ0v) is 18.7. The number of carbonyl (C=O) groups is 3. The zero-order valence-electron chi connectivity index (χ0n) is 17.0. The van der Waals surface area contributed by atoms with Crippen LogP contribution in [0.25, 0.3) is 0 Å². The molecule has 33 heavy (non-hydrogen) atoms. The average Bonchev–Trinajstić information content (AvgIpc) is 3.39. The number of benzene rings is 2. The molecule has 0 bridgehead atoms. The summed E-state index contributed by atoms with van der Waals surface area (Å²) in [6.45, 7) is 0.0930. The molecular formula is C22H18FN3O5S2. The minimum atomic E-state index is -3.94. The maximum atomic E-state index is 13.3. The molecule has 2 aromatic carbocycles. The van der Waals surface area contributed by atoms with Crippen LogP contribution in [0.4, 0.5) is 10.1 Å². The van der Waals surface area contributed by atoms with Gasteiger partial charge in [-0.25, -0.2) is 22.8 Å². The number of carbonyl (C=O) groups excluding carboxylic acids is 3. The number of thiophene rings is 1. The molecule has 170 valence electrons. The van der Waals surface area contributed by atoms with E-state index < -0.39 is 39.6 Å². The minimum Gasteiger partial charge on any atom is -0.321 e. The standard InChI is InChI=1S/C22H18FN3O5S2/c23-15-5-3-14(4-6-15)21(28)25(13-17-2-1-11-32-17)19-12-20(27)26(22(19)29)16-7-9-18(10-8-16)33(24,30)31/h1-11,19H,12-13H2,(H2,24,30,31). The predicted octanol–water partition coefficient (Wildman–Crippen LogP) is 2.51. The highest BCUT2D eigenvalue weighted by molar-refractivity contribution is 7.89. The number of primary sulfonamides is 1. The van der Waals surface area contributed by atoms with Crippen LogP contribution >= 0.6 is 11.3 Å². The number of hydrogen-bond acceptors (Lipinski definition) is 6. The molecule has 0 saturated carbocycles. The number of amides is 3. The largest absolute Gasteiger partial charge is 0.321 e. The van der Waals surface area contributed by atoms with Crippen LogP contribution in [0.15, 0.2) is 70.9 Å². The molecule has 3 aromatic rings. The molecule has 1 atom stereocenters. The van der Waals surface area contributed by atoms with Crippen molar-refractivity contribution in [1.29, 1.82) is 0 Å². The monoisotopic (exact) mass is 487 g/mol. The number of hydrogen-bond donors (Lipinski definition) is 1. The Morgan fingerprint density at radius 3 is 2.33 bits per heavy atom. The summed E-state index contributed by atoms with van der Waals surface area (Å²) in [6.07, 6.45) is -0.242. The normalized spacial score (nSPS) is 16.3. The number of nitrogens with two attached hydrogens (primary N) is 1. The molecular weight excluding hydrogens is 469 g/mol. The van der Waals surface area contributed by atoms with Gasteiger partial charge in [0.15, 0.2) is 0 Å². The molecule has 1 aliphatic heterocycles. The molecule has 1 aliphatic rings. The van der Waals surface area contributed by atoms with Crippen LogP contribution in [-0.2, 0) is 26.2 Å². The second-order valence-corrected chi connectivity index (χ2v) is 9.94. The number of rotatable bonds is 6. The van der Waals surface area contributed by atoms with Gasteiger partial charge in [0.2, 0.25) is 15.9 Å². The van der Waals surface area contributed by atoms with Crippen LogP contribution < -0.4 is 10.0 Å². The topological polar surface area (TPSA) is 118 Å². The fourth-order valence-electron chi connectivity index (χ4n) is 3.57. The average molecular weight is 488 g/mol. The third-order valence-corrected chi connectivity index (χ3v) is 6.97. The highest BCUT2D eigenvalue weighted by Gasteiger charge is 2.44. The smallest absolute Gasteiger partial charge is 0.257 e. The zero-order chi connectivity index (χ0) is 23.8. The molecule has 2 N–H and O–H groups in total. The summed E-state index contributed by atoms with van der Waals surface area (Å²) in [7, 11) is -3.94. The maximum Gasteiger partial charge on any atom is 0.257 e. The van der Waals surface area contributed by atoms with Crippen molar-refractivity contribution in [3.8, 4) is 0 Å². The van der Waals surface area contributed by atoms with Crippen LogP contribution in [0.5, 0.6) is 0 Å². The van der Waals surface area contributed by atoms with E-state index in [0.717, 1.165) is 21.9 Å². The van der Waals surface area contributed by atoms with E-state index in [0.29, 0.717) is 0 Å². The first-order chi connectivity index (χ1) is 15.6. The minimum absolute atomic E-state index is 0.0930. The molecule has 1 fully saturated rings. The van der Waals surface area contributed by atoms with Crippen molar-refractivity contribution in [3.63, 3.8) is 0 Å². The Morgan fingerprint density at radius 2 is 1.76 bits per heavy atom. The Hall–Kier alpha value is -3.41. The van der Waals surface area contributed by atoms with Gasteiger partial charge in [-0.2, -0.15) is 0 Å². The molecule has 4 rings (SSSR count). The van der Waals surface area contributed by atoms with E-state index in [1.807, 2.05) is 11.4 Å². The summed E-state index contributed by atoms with van der Waals surface area (Å²) in [6, 6.07) is 12.5.